The number of nitrogens with zero attached hydrogens (tertiary/aromatic N) is 2. The highest BCUT2D eigenvalue weighted by Gasteiger charge is 2.27. The second-order valence-corrected chi connectivity index (χ2v) is 5.10. The minimum atomic E-state index is 0.444. The van der Waals surface area contributed by atoms with Crippen LogP contribution >= 0.6 is 0 Å². The molecule has 1 saturated carbocycles. The Bertz CT molecular complexity index is 656. The van der Waals surface area contributed by atoms with Gasteiger partial charge in [0, 0.05) is 24.5 Å². The lowest BCUT2D eigenvalue weighted by molar-refractivity contribution is 0.144. The maximum absolute atomic E-state index is 6.07. The lowest BCUT2D eigenvalue weighted by Crippen LogP contribution is -2.06. The lowest BCUT2D eigenvalue weighted by atomic mass is 10.2. The van der Waals surface area contributed by atoms with Crippen molar-refractivity contribution >= 4 is 16.7 Å². The number of nitrogen functional groups attached to an aromatic ring is 1. The average Bonchev–Trinajstić information content (AvgIpc) is 3.32. The molecule has 6 nitrogen and oxygen atoms in total. The van der Waals surface area contributed by atoms with E-state index in [4.69, 9.17) is 19.9 Å². The normalized spacial score (nSPS) is 14.4. The predicted octanol–water partition coefficient (Wildman–Crippen LogP) is 2.12. The van der Waals surface area contributed by atoms with Crippen molar-refractivity contribution in [2.45, 2.75) is 18.8 Å². The van der Waals surface area contributed by atoms with Gasteiger partial charge >= 0.3 is 0 Å². The van der Waals surface area contributed by atoms with Gasteiger partial charge in [-0.25, -0.2) is 9.97 Å². The topological polar surface area (TPSA) is 79.5 Å². The van der Waals surface area contributed by atoms with Gasteiger partial charge < -0.3 is 19.9 Å². The van der Waals surface area contributed by atoms with Crippen molar-refractivity contribution in [2.75, 3.05) is 33.2 Å². The van der Waals surface area contributed by atoms with E-state index in [2.05, 4.69) is 9.97 Å². The summed E-state index contributed by atoms with van der Waals surface area (Å²) in [6.07, 6.45) is 2.28. The van der Waals surface area contributed by atoms with E-state index in [1.165, 1.54) is 0 Å². The Morgan fingerprint density at radius 3 is 2.62 bits per heavy atom. The number of anilines is 1. The SMILES string of the molecule is COCCOc1cc2c(N)nc(C3CC3)nc2cc1OC. The smallest absolute Gasteiger partial charge is 0.162 e. The van der Waals surface area contributed by atoms with Gasteiger partial charge in [0.25, 0.3) is 0 Å². The van der Waals surface area contributed by atoms with Crippen molar-refractivity contribution in [2.24, 2.45) is 0 Å². The zero-order valence-electron chi connectivity index (χ0n) is 12.3. The molecule has 1 heterocycles. The molecular formula is C15H19N3O3. The molecule has 3 rings (SSSR count). The minimum Gasteiger partial charge on any atom is -0.493 e. The summed E-state index contributed by atoms with van der Waals surface area (Å²) in [6, 6.07) is 3.68. The van der Waals surface area contributed by atoms with E-state index in [-0.39, 0.29) is 0 Å². The third kappa shape index (κ3) is 2.85. The maximum atomic E-state index is 6.07. The number of hydrogen-bond acceptors (Lipinski definition) is 6. The molecule has 0 atom stereocenters. The number of hydrogen-bond donors (Lipinski definition) is 1. The molecule has 21 heavy (non-hydrogen) atoms. The minimum absolute atomic E-state index is 0.444. The Morgan fingerprint density at radius 2 is 1.95 bits per heavy atom. The molecule has 112 valence electrons. The Kier molecular flexibility index (Phi) is 3.79. The van der Waals surface area contributed by atoms with E-state index in [1.54, 1.807) is 14.2 Å². The van der Waals surface area contributed by atoms with Gasteiger partial charge in [0.05, 0.1) is 19.2 Å². The number of benzene rings is 1. The van der Waals surface area contributed by atoms with Crippen LogP contribution in [-0.4, -0.2) is 37.4 Å². The van der Waals surface area contributed by atoms with Gasteiger partial charge in [-0.15, -0.1) is 0 Å². The van der Waals surface area contributed by atoms with Crippen LogP contribution < -0.4 is 15.2 Å². The molecule has 1 aromatic carbocycles. The lowest BCUT2D eigenvalue weighted by Gasteiger charge is -2.13. The van der Waals surface area contributed by atoms with E-state index in [9.17, 15) is 0 Å². The highest BCUT2D eigenvalue weighted by atomic mass is 16.5. The fourth-order valence-corrected chi connectivity index (χ4v) is 2.21. The van der Waals surface area contributed by atoms with E-state index in [0.717, 1.165) is 29.6 Å². The number of nitrogens with two attached hydrogens (primary N) is 1. The van der Waals surface area contributed by atoms with Crippen LogP contribution in [0.25, 0.3) is 10.9 Å². The molecule has 0 aliphatic heterocycles. The first-order chi connectivity index (χ1) is 10.2. The summed E-state index contributed by atoms with van der Waals surface area (Å²) >= 11 is 0. The van der Waals surface area contributed by atoms with Crippen LogP contribution in [0.5, 0.6) is 11.5 Å². The zero-order chi connectivity index (χ0) is 14.8. The Hall–Kier alpha value is -2.08. The van der Waals surface area contributed by atoms with Crippen molar-refractivity contribution in [3.8, 4) is 11.5 Å². The highest BCUT2D eigenvalue weighted by Crippen LogP contribution is 2.40. The fraction of sp³-hybridized carbons (Fsp3) is 0.467. The Labute approximate surface area is 123 Å². The van der Waals surface area contributed by atoms with E-state index in [0.29, 0.717) is 36.4 Å². The summed E-state index contributed by atoms with van der Waals surface area (Å²) in [4.78, 5) is 8.99. The standard InChI is InChI=1S/C15H19N3O3/c1-19-5-6-21-13-7-10-11(8-12(13)20-2)17-15(9-3-4-9)18-14(10)16/h7-9H,3-6H2,1-2H3,(H2,16,17,18). The van der Waals surface area contributed by atoms with Gasteiger partial charge in [0.1, 0.15) is 18.2 Å². The van der Waals surface area contributed by atoms with Crippen LogP contribution in [0, 0.1) is 0 Å². The molecule has 1 fully saturated rings. The average molecular weight is 289 g/mol. The third-order valence-electron chi connectivity index (χ3n) is 3.52. The van der Waals surface area contributed by atoms with Crippen molar-refractivity contribution in [1.29, 1.82) is 0 Å². The predicted molar refractivity (Wildman–Crippen MR) is 79.8 cm³/mol. The van der Waals surface area contributed by atoms with E-state index < -0.39 is 0 Å². The number of aromatic nitrogens is 2. The van der Waals surface area contributed by atoms with E-state index >= 15 is 0 Å². The van der Waals surface area contributed by atoms with Gasteiger partial charge in [-0.2, -0.15) is 0 Å². The van der Waals surface area contributed by atoms with Gasteiger partial charge in [-0.05, 0) is 18.9 Å². The Balaban J connectivity index is 2.00. The molecule has 1 aliphatic rings. The monoisotopic (exact) mass is 289 g/mol. The number of methoxy groups -OCH3 is 2. The molecule has 1 aromatic heterocycles. The van der Waals surface area contributed by atoms with Crippen molar-refractivity contribution in [1.82, 2.24) is 9.97 Å². The molecule has 0 saturated heterocycles. The molecule has 0 unspecified atom stereocenters. The number of rotatable bonds is 6. The van der Waals surface area contributed by atoms with Crippen molar-refractivity contribution in [3.63, 3.8) is 0 Å². The number of ether oxygens (including phenoxy) is 3. The molecule has 0 radical (unpaired) electrons. The van der Waals surface area contributed by atoms with Crippen LogP contribution in [0.4, 0.5) is 5.82 Å². The second kappa shape index (κ2) is 5.73. The quantitative estimate of drug-likeness (QED) is 0.821. The summed E-state index contributed by atoms with van der Waals surface area (Å²) in [6.45, 7) is 0.951. The van der Waals surface area contributed by atoms with Crippen LogP contribution in [0.1, 0.15) is 24.6 Å². The Morgan fingerprint density at radius 1 is 1.14 bits per heavy atom. The van der Waals surface area contributed by atoms with Gasteiger partial charge in [-0.1, -0.05) is 0 Å². The van der Waals surface area contributed by atoms with E-state index in [1.807, 2.05) is 12.1 Å². The molecule has 2 aromatic rings. The second-order valence-electron chi connectivity index (χ2n) is 5.10. The molecule has 0 amide bonds. The summed E-state index contributed by atoms with van der Waals surface area (Å²) < 4.78 is 16.0. The molecule has 0 spiro atoms. The summed E-state index contributed by atoms with van der Waals surface area (Å²) in [5.74, 6) is 3.03. The first-order valence-electron chi connectivity index (χ1n) is 7.00. The van der Waals surface area contributed by atoms with Crippen molar-refractivity contribution < 1.29 is 14.2 Å². The fourth-order valence-electron chi connectivity index (χ4n) is 2.21. The summed E-state index contributed by atoms with van der Waals surface area (Å²) in [5, 5.41) is 0.785. The molecule has 0 bridgehead atoms. The molecule has 2 N–H and O–H groups in total. The first kappa shape index (κ1) is 13.9. The van der Waals surface area contributed by atoms with Gasteiger partial charge in [0.2, 0.25) is 0 Å². The van der Waals surface area contributed by atoms with Crippen LogP contribution in [0.15, 0.2) is 12.1 Å². The van der Waals surface area contributed by atoms with Crippen molar-refractivity contribution in [3.05, 3.63) is 18.0 Å². The maximum Gasteiger partial charge on any atom is 0.162 e. The molecule has 1 aliphatic carbocycles. The highest BCUT2D eigenvalue weighted by molar-refractivity contribution is 5.90. The zero-order valence-corrected chi connectivity index (χ0v) is 12.3. The number of fused-ring (bicyclic) bond motifs is 1. The summed E-state index contributed by atoms with van der Waals surface area (Å²) in [7, 11) is 3.24. The van der Waals surface area contributed by atoms with Crippen LogP contribution in [0.3, 0.4) is 0 Å². The molecular weight excluding hydrogens is 270 g/mol. The first-order valence-corrected chi connectivity index (χ1v) is 7.00. The summed E-state index contributed by atoms with van der Waals surface area (Å²) in [5.41, 5.74) is 6.86. The van der Waals surface area contributed by atoms with Gasteiger partial charge in [0.15, 0.2) is 11.5 Å². The van der Waals surface area contributed by atoms with Gasteiger partial charge in [-0.3, -0.25) is 0 Å². The van der Waals surface area contributed by atoms with Crippen LogP contribution in [0.2, 0.25) is 0 Å². The van der Waals surface area contributed by atoms with Crippen LogP contribution in [-0.2, 0) is 4.74 Å². The third-order valence-corrected chi connectivity index (χ3v) is 3.52. The molecule has 6 heteroatoms. The largest absolute Gasteiger partial charge is 0.493 e.